The fourth-order valence-corrected chi connectivity index (χ4v) is 1.87. The lowest BCUT2D eigenvalue weighted by molar-refractivity contribution is -0.363. The van der Waals surface area contributed by atoms with Gasteiger partial charge in [-0.1, -0.05) is 12.1 Å². The van der Waals surface area contributed by atoms with Crippen LogP contribution in [0, 0.1) is 6.92 Å². The van der Waals surface area contributed by atoms with E-state index in [9.17, 15) is 35.5 Å². The van der Waals surface area contributed by atoms with Gasteiger partial charge < -0.3 is 4.42 Å². The lowest BCUT2D eigenvalue weighted by atomic mass is 10.1. The van der Waals surface area contributed by atoms with Crippen molar-refractivity contribution in [3.63, 3.8) is 0 Å². The van der Waals surface area contributed by atoms with E-state index >= 15 is 0 Å². The first-order chi connectivity index (χ1) is 9.89. The van der Waals surface area contributed by atoms with E-state index in [2.05, 4.69) is 4.42 Å². The number of halogens is 7. The summed E-state index contributed by atoms with van der Waals surface area (Å²) in [6, 6.07) is 3.69. The summed E-state index contributed by atoms with van der Waals surface area (Å²) in [6.45, 7) is 1.43. The van der Waals surface area contributed by atoms with E-state index in [1.807, 2.05) is 0 Å². The Morgan fingerprint density at radius 3 is 2.14 bits per heavy atom. The maximum Gasteiger partial charge on any atom is 0.460 e. The van der Waals surface area contributed by atoms with Gasteiger partial charge in [-0.3, -0.25) is 4.79 Å². The van der Waals surface area contributed by atoms with Gasteiger partial charge in [-0.25, -0.2) is 0 Å². The number of hydrogen-bond donors (Lipinski definition) is 0. The van der Waals surface area contributed by atoms with Crippen LogP contribution >= 0.6 is 0 Å². The molecule has 2 nitrogen and oxygen atoms in total. The highest BCUT2D eigenvalue weighted by Crippen LogP contribution is 2.51. The number of hydrogen-bond acceptors (Lipinski definition) is 2. The Morgan fingerprint density at radius 2 is 1.59 bits per heavy atom. The third kappa shape index (κ3) is 2.24. The third-order valence-electron chi connectivity index (χ3n) is 3.02. The molecule has 0 N–H and O–H groups in total. The average molecular weight is 328 g/mol. The SMILES string of the molecule is Cc1cccc2oc(C(F)(F)C(F)(F)C(F)(F)F)cc(=O)c12. The molecular weight excluding hydrogens is 321 g/mol. The van der Waals surface area contributed by atoms with Gasteiger partial charge >= 0.3 is 18.0 Å². The molecule has 0 bridgehead atoms. The van der Waals surface area contributed by atoms with Crippen molar-refractivity contribution in [2.24, 2.45) is 0 Å². The topological polar surface area (TPSA) is 30.2 Å². The lowest BCUT2D eigenvalue weighted by Gasteiger charge is -2.27. The second-order valence-corrected chi connectivity index (χ2v) is 4.57. The van der Waals surface area contributed by atoms with E-state index in [0.717, 1.165) is 6.07 Å². The quantitative estimate of drug-likeness (QED) is 0.766. The monoisotopic (exact) mass is 328 g/mol. The summed E-state index contributed by atoms with van der Waals surface area (Å²) in [5.41, 5.74) is -1.32. The summed E-state index contributed by atoms with van der Waals surface area (Å²) in [5, 5.41) is -0.169. The molecule has 0 fully saturated rings. The molecule has 0 radical (unpaired) electrons. The first-order valence-electron chi connectivity index (χ1n) is 5.76. The van der Waals surface area contributed by atoms with Crippen LogP contribution < -0.4 is 5.43 Å². The molecule has 0 saturated heterocycles. The molecule has 1 heterocycles. The number of benzene rings is 1. The fraction of sp³-hybridized carbons (Fsp3) is 0.308. The molecular formula is C13H7F7O2. The molecule has 9 heteroatoms. The minimum absolute atomic E-state index is 0.0466. The average Bonchev–Trinajstić information content (AvgIpc) is 2.36. The Labute approximate surface area is 118 Å². The highest BCUT2D eigenvalue weighted by molar-refractivity contribution is 5.80. The molecule has 2 rings (SSSR count). The van der Waals surface area contributed by atoms with Crippen molar-refractivity contribution < 1.29 is 35.2 Å². The maximum absolute atomic E-state index is 13.5. The molecule has 1 aromatic heterocycles. The van der Waals surface area contributed by atoms with Crippen molar-refractivity contribution in [2.75, 3.05) is 0 Å². The van der Waals surface area contributed by atoms with Crippen LogP contribution in [-0.2, 0) is 5.92 Å². The number of aryl methyl sites for hydroxylation is 1. The summed E-state index contributed by atoms with van der Waals surface area (Å²) in [6.07, 6.45) is -6.50. The minimum Gasteiger partial charge on any atom is -0.454 e. The molecule has 120 valence electrons. The second-order valence-electron chi connectivity index (χ2n) is 4.57. The molecule has 0 amide bonds. The molecule has 2 aromatic rings. The van der Waals surface area contributed by atoms with Gasteiger partial charge in [0.1, 0.15) is 5.58 Å². The molecule has 0 aliphatic heterocycles. The number of alkyl halides is 7. The predicted molar refractivity (Wildman–Crippen MR) is 62.1 cm³/mol. The van der Waals surface area contributed by atoms with Crippen LogP contribution in [-0.4, -0.2) is 12.1 Å². The Kier molecular flexibility index (Phi) is 3.50. The zero-order valence-electron chi connectivity index (χ0n) is 10.8. The molecule has 0 saturated carbocycles. The van der Waals surface area contributed by atoms with Crippen LogP contribution in [0.2, 0.25) is 0 Å². The van der Waals surface area contributed by atoms with E-state index in [0.29, 0.717) is 5.56 Å². The molecule has 0 aliphatic rings. The van der Waals surface area contributed by atoms with Crippen LogP contribution in [0.3, 0.4) is 0 Å². The maximum atomic E-state index is 13.5. The van der Waals surface area contributed by atoms with Gasteiger partial charge in [-0.05, 0) is 18.6 Å². The van der Waals surface area contributed by atoms with Crippen LogP contribution in [0.1, 0.15) is 11.3 Å². The molecule has 1 aromatic carbocycles. The van der Waals surface area contributed by atoms with E-state index in [1.165, 1.54) is 19.1 Å². The second kappa shape index (κ2) is 4.72. The summed E-state index contributed by atoms with van der Waals surface area (Å²) in [7, 11) is 0. The van der Waals surface area contributed by atoms with Crippen molar-refractivity contribution in [1.82, 2.24) is 0 Å². The fourth-order valence-electron chi connectivity index (χ4n) is 1.87. The number of rotatable bonds is 2. The Morgan fingerprint density at radius 1 is 1.00 bits per heavy atom. The standard InChI is InChI=1S/C13H7F7O2/c1-6-3-2-4-8-10(6)7(21)5-9(22-8)11(14,15)12(16,17)13(18,19)20/h2-5H,1H3. The van der Waals surface area contributed by atoms with Crippen molar-refractivity contribution in [3.05, 3.63) is 45.8 Å². The smallest absolute Gasteiger partial charge is 0.454 e. The zero-order valence-corrected chi connectivity index (χ0v) is 10.8. The van der Waals surface area contributed by atoms with E-state index in [1.54, 1.807) is 0 Å². The molecule has 0 unspecified atom stereocenters. The van der Waals surface area contributed by atoms with Gasteiger partial charge in [0.15, 0.2) is 11.2 Å². The van der Waals surface area contributed by atoms with Gasteiger partial charge in [0, 0.05) is 6.07 Å². The molecule has 0 aliphatic carbocycles. The summed E-state index contributed by atoms with van der Waals surface area (Å²) in [4.78, 5) is 11.7. The van der Waals surface area contributed by atoms with Gasteiger partial charge in [-0.15, -0.1) is 0 Å². The Balaban J connectivity index is 2.73. The third-order valence-corrected chi connectivity index (χ3v) is 3.02. The van der Waals surface area contributed by atoms with E-state index < -0.39 is 34.8 Å². The van der Waals surface area contributed by atoms with E-state index in [-0.39, 0.29) is 11.5 Å². The normalized spacial score (nSPS) is 13.6. The van der Waals surface area contributed by atoms with Gasteiger partial charge in [0.25, 0.3) is 0 Å². The molecule has 0 spiro atoms. The van der Waals surface area contributed by atoms with Crippen LogP contribution in [0.4, 0.5) is 30.7 Å². The van der Waals surface area contributed by atoms with Gasteiger partial charge in [0.05, 0.1) is 5.39 Å². The van der Waals surface area contributed by atoms with Crippen LogP contribution in [0.5, 0.6) is 0 Å². The van der Waals surface area contributed by atoms with Crippen LogP contribution in [0.15, 0.2) is 33.5 Å². The summed E-state index contributed by atoms with van der Waals surface area (Å²) >= 11 is 0. The van der Waals surface area contributed by atoms with Crippen molar-refractivity contribution in [1.29, 1.82) is 0 Å². The van der Waals surface area contributed by atoms with Crippen molar-refractivity contribution >= 4 is 11.0 Å². The lowest BCUT2D eigenvalue weighted by Crippen LogP contribution is -2.50. The van der Waals surface area contributed by atoms with Crippen molar-refractivity contribution in [2.45, 2.75) is 24.9 Å². The largest absolute Gasteiger partial charge is 0.460 e. The Hall–Kier alpha value is -2.06. The van der Waals surface area contributed by atoms with E-state index in [4.69, 9.17) is 0 Å². The first-order valence-corrected chi connectivity index (χ1v) is 5.76. The molecule has 22 heavy (non-hydrogen) atoms. The van der Waals surface area contributed by atoms with Gasteiger partial charge in [-0.2, -0.15) is 30.7 Å². The summed E-state index contributed by atoms with van der Waals surface area (Å²) in [5.74, 6) is -14.1. The van der Waals surface area contributed by atoms with Gasteiger partial charge in [0.2, 0.25) is 0 Å². The Bertz CT molecular complexity index is 774. The molecule has 0 atom stereocenters. The van der Waals surface area contributed by atoms with Crippen molar-refractivity contribution in [3.8, 4) is 0 Å². The zero-order chi connectivity index (χ0) is 16.9. The number of fused-ring (bicyclic) bond motifs is 1. The summed E-state index contributed by atoms with van der Waals surface area (Å²) < 4.78 is 93.9. The first kappa shape index (κ1) is 16.3. The predicted octanol–water partition coefficient (Wildman–Crippen LogP) is 4.39. The highest BCUT2D eigenvalue weighted by atomic mass is 19.4. The van der Waals surface area contributed by atoms with Crippen LogP contribution in [0.25, 0.3) is 11.0 Å². The highest BCUT2D eigenvalue weighted by Gasteiger charge is 2.75. The minimum atomic E-state index is -6.50.